The molecule has 0 aromatic rings. The SMILES string of the molecule is CCC(C)(O)C(C)OC(C)C(C)(C)C. The number of ether oxygens (including phenoxy) is 1. The van der Waals surface area contributed by atoms with E-state index in [1.54, 1.807) is 0 Å². The summed E-state index contributed by atoms with van der Waals surface area (Å²) in [6.07, 6.45) is 0.739. The Morgan fingerprint density at radius 2 is 1.50 bits per heavy atom. The Labute approximate surface area is 88.7 Å². The van der Waals surface area contributed by atoms with Crippen LogP contribution in [-0.4, -0.2) is 22.9 Å². The molecule has 3 unspecified atom stereocenters. The van der Waals surface area contributed by atoms with Crippen LogP contribution >= 0.6 is 0 Å². The van der Waals surface area contributed by atoms with E-state index in [0.29, 0.717) is 6.42 Å². The standard InChI is InChI=1S/C12H26O2/c1-8-12(7,13)10(3)14-9(2)11(4,5)6/h9-10,13H,8H2,1-7H3. The molecule has 0 aliphatic heterocycles. The van der Waals surface area contributed by atoms with E-state index in [9.17, 15) is 5.11 Å². The van der Waals surface area contributed by atoms with Crippen LogP contribution in [0.3, 0.4) is 0 Å². The summed E-state index contributed by atoms with van der Waals surface area (Å²) in [6, 6.07) is 0. The zero-order valence-corrected chi connectivity index (χ0v) is 10.7. The molecule has 0 heterocycles. The number of hydrogen-bond acceptors (Lipinski definition) is 2. The highest BCUT2D eigenvalue weighted by molar-refractivity contribution is 4.81. The van der Waals surface area contributed by atoms with Crippen LogP contribution in [0.15, 0.2) is 0 Å². The largest absolute Gasteiger partial charge is 0.387 e. The van der Waals surface area contributed by atoms with Crippen molar-refractivity contribution in [2.24, 2.45) is 5.41 Å². The fraction of sp³-hybridized carbons (Fsp3) is 1.00. The van der Waals surface area contributed by atoms with Gasteiger partial charge in [0.15, 0.2) is 0 Å². The van der Waals surface area contributed by atoms with Crippen LogP contribution in [-0.2, 0) is 4.74 Å². The molecule has 1 N–H and O–H groups in total. The topological polar surface area (TPSA) is 29.5 Å². The first-order valence-corrected chi connectivity index (χ1v) is 5.49. The highest BCUT2D eigenvalue weighted by Gasteiger charge is 2.31. The van der Waals surface area contributed by atoms with Crippen molar-refractivity contribution in [2.45, 2.75) is 72.7 Å². The lowest BCUT2D eigenvalue weighted by Gasteiger charge is -2.36. The van der Waals surface area contributed by atoms with E-state index in [4.69, 9.17) is 4.74 Å². The summed E-state index contributed by atoms with van der Waals surface area (Å²) < 4.78 is 5.82. The molecule has 2 nitrogen and oxygen atoms in total. The lowest BCUT2D eigenvalue weighted by atomic mass is 9.89. The molecule has 0 aliphatic carbocycles. The van der Waals surface area contributed by atoms with E-state index in [2.05, 4.69) is 27.7 Å². The molecule has 14 heavy (non-hydrogen) atoms. The van der Waals surface area contributed by atoms with Gasteiger partial charge in [0, 0.05) is 0 Å². The molecule has 0 aromatic carbocycles. The maximum absolute atomic E-state index is 9.98. The summed E-state index contributed by atoms with van der Waals surface area (Å²) in [5, 5.41) is 9.98. The molecule has 0 aromatic heterocycles. The van der Waals surface area contributed by atoms with Gasteiger partial charge in [0.05, 0.1) is 17.8 Å². The molecule has 0 radical (unpaired) electrons. The van der Waals surface area contributed by atoms with Gasteiger partial charge in [0.2, 0.25) is 0 Å². The minimum absolute atomic E-state index is 0.123. The summed E-state index contributed by atoms with van der Waals surface area (Å²) >= 11 is 0. The zero-order chi connectivity index (χ0) is 11.6. The van der Waals surface area contributed by atoms with Crippen LogP contribution < -0.4 is 0 Å². The second kappa shape index (κ2) is 4.63. The van der Waals surface area contributed by atoms with Crippen LogP contribution in [0.2, 0.25) is 0 Å². The van der Waals surface area contributed by atoms with Gasteiger partial charge in [-0.2, -0.15) is 0 Å². The van der Waals surface area contributed by atoms with Gasteiger partial charge in [-0.25, -0.2) is 0 Å². The quantitative estimate of drug-likeness (QED) is 0.759. The highest BCUT2D eigenvalue weighted by Crippen LogP contribution is 2.26. The van der Waals surface area contributed by atoms with Gasteiger partial charge >= 0.3 is 0 Å². The van der Waals surface area contributed by atoms with Gasteiger partial charge in [-0.3, -0.25) is 0 Å². The third-order valence-electron chi connectivity index (χ3n) is 3.22. The minimum Gasteiger partial charge on any atom is -0.387 e. The van der Waals surface area contributed by atoms with Crippen molar-refractivity contribution in [3.63, 3.8) is 0 Å². The molecule has 0 bridgehead atoms. The van der Waals surface area contributed by atoms with E-state index in [0.717, 1.165) is 0 Å². The minimum atomic E-state index is -0.723. The first kappa shape index (κ1) is 13.9. The Bertz CT molecular complexity index is 168. The lowest BCUT2D eigenvalue weighted by molar-refractivity contribution is -0.138. The van der Waals surface area contributed by atoms with E-state index in [1.807, 2.05) is 20.8 Å². The average Bonchev–Trinajstić information content (AvgIpc) is 2.02. The van der Waals surface area contributed by atoms with Crippen molar-refractivity contribution < 1.29 is 9.84 Å². The predicted molar refractivity (Wildman–Crippen MR) is 60.4 cm³/mol. The smallest absolute Gasteiger partial charge is 0.0875 e. The molecule has 0 spiro atoms. The van der Waals surface area contributed by atoms with Crippen LogP contribution in [0.25, 0.3) is 0 Å². The van der Waals surface area contributed by atoms with Crippen molar-refractivity contribution in [1.29, 1.82) is 0 Å². The summed E-state index contributed by atoms with van der Waals surface area (Å²) in [5.41, 5.74) is -0.600. The Morgan fingerprint density at radius 3 is 1.79 bits per heavy atom. The first-order valence-electron chi connectivity index (χ1n) is 5.49. The second-order valence-electron chi connectivity index (χ2n) is 5.50. The molecule has 0 aliphatic rings. The van der Waals surface area contributed by atoms with Crippen molar-refractivity contribution in [3.8, 4) is 0 Å². The molecule has 0 saturated carbocycles. The van der Waals surface area contributed by atoms with E-state index < -0.39 is 5.60 Å². The third-order valence-corrected chi connectivity index (χ3v) is 3.22. The molecule has 2 heteroatoms. The van der Waals surface area contributed by atoms with Gasteiger partial charge in [-0.05, 0) is 32.6 Å². The Balaban J connectivity index is 4.26. The molecular formula is C12H26O2. The van der Waals surface area contributed by atoms with Crippen molar-refractivity contribution in [1.82, 2.24) is 0 Å². The summed E-state index contributed by atoms with van der Waals surface area (Å²) in [5.74, 6) is 0. The predicted octanol–water partition coefficient (Wildman–Crippen LogP) is 2.99. The number of hydrogen-bond donors (Lipinski definition) is 1. The number of rotatable bonds is 4. The summed E-state index contributed by atoms with van der Waals surface area (Å²) in [6.45, 7) is 14.2. The van der Waals surface area contributed by atoms with Crippen LogP contribution in [0, 0.1) is 5.41 Å². The van der Waals surface area contributed by atoms with Gasteiger partial charge in [0.25, 0.3) is 0 Å². The van der Waals surface area contributed by atoms with Gasteiger partial charge < -0.3 is 9.84 Å². The van der Waals surface area contributed by atoms with E-state index >= 15 is 0 Å². The molecule has 86 valence electrons. The zero-order valence-electron chi connectivity index (χ0n) is 10.7. The maximum Gasteiger partial charge on any atom is 0.0875 e. The lowest BCUT2D eigenvalue weighted by Crippen LogP contribution is -2.42. The molecular weight excluding hydrogens is 176 g/mol. The Hall–Kier alpha value is -0.0800. The summed E-state index contributed by atoms with van der Waals surface area (Å²) in [7, 11) is 0. The molecule has 0 rings (SSSR count). The fourth-order valence-corrected chi connectivity index (χ4v) is 0.944. The monoisotopic (exact) mass is 202 g/mol. The van der Waals surface area contributed by atoms with Crippen LogP contribution in [0.1, 0.15) is 54.9 Å². The first-order chi connectivity index (χ1) is 6.11. The molecule has 3 atom stereocenters. The molecule has 0 saturated heterocycles. The van der Waals surface area contributed by atoms with Gasteiger partial charge in [-0.15, -0.1) is 0 Å². The van der Waals surface area contributed by atoms with E-state index in [1.165, 1.54) is 0 Å². The van der Waals surface area contributed by atoms with Crippen LogP contribution in [0.4, 0.5) is 0 Å². The molecule has 0 amide bonds. The van der Waals surface area contributed by atoms with Gasteiger partial charge in [0.1, 0.15) is 0 Å². The molecule has 0 fully saturated rings. The normalized spacial score (nSPS) is 21.4. The fourth-order valence-electron chi connectivity index (χ4n) is 0.944. The Morgan fingerprint density at radius 1 is 1.07 bits per heavy atom. The Kier molecular flexibility index (Phi) is 4.60. The number of aliphatic hydroxyl groups is 1. The maximum atomic E-state index is 9.98. The van der Waals surface area contributed by atoms with Crippen molar-refractivity contribution >= 4 is 0 Å². The highest BCUT2D eigenvalue weighted by atomic mass is 16.5. The van der Waals surface area contributed by atoms with Crippen molar-refractivity contribution in [2.75, 3.05) is 0 Å². The van der Waals surface area contributed by atoms with Crippen LogP contribution in [0.5, 0.6) is 0 Å². The average molecular weight is 202 g/mol. The summed E-state index contributed by atoms with van der Waals surface area (Å²) in [4.78, 5) is 0. The van der Waals surface area contributed by atoms with Crippen molar-refractivity contribution in [3.05, 3.63) is 0 Å². The van der Waals surface area contributed by atoms with E-state index in [-0.39, 0.29) is 17.6 Å². The third kappa shape index (κ3) is 3.97. The van der Waals surface area contributed by atoms with Gasteiger partial charge in [-0.1, -0.05) is 27.7 Å². The second-order valence-corrected chi connectivity index (χ2v) is 5.50.